The summed E-state index contributed by atoms with van der Waals surface area (Å²) in [4.78, 5) is 83.2. The van der Waals surface area contributed by atoms with Crippen LogP contribution in [0.1, 0.15) is 41.0 Å². The van der Waals surface area contributed by atoms with Gasteiger partial charge in [0.05, 0.1) is 13.2 Å². The van der Waals surface area contributed by atoms with Crippen LogP contribution < -0.4 is 5.32 Å². The molecule has 0 aromatic heterocycles. The highest BCUT2D eigenvalue weighted by molar-refractivity contribution is 8.01. The van der Waals surface area contributed by atoms with E-state index in [9.17, 15) is 33.6 Å². The molecule has 1 saturated heterocycles. The van der Waals surface area contributed by atoms with Gasteiger partial charge in [0.15, 0.2) is 12.2 Å². The van der Waals surface area contributed by atoms with Crippen molar-refractivity contribution in [3.63, 3.8) is 0 Å². The predicted octanol–water partition coefficient (Wildman–Crippen LogP) is 1.15. The monoisotopic (exact) mass is 695 g/mol. The second-order valence-electron chi connectivity index (χ2n) is 8.91. The molecule has 15 nitrogen and oxygen atoms in total. The van der Waals surface area contributed by atoms with Gasteiger partial charge < -0.3 is 38.5 Å². The van der Waals surface area contributed by atoms with E-state index in [4.69, 9.17) is 68.0 Å². The van der Waals surface area contributed by atoms with Crippen LogP contribution in [0.4, 0.5) is 0 Å². The molecular weight excluding hydrogens is 665 g/mol. The number of carbonyl (C=O) groups excluding carboxylic acids is 7. The number of amides is 1. The number of carbonyl (C=O) groups is 7. The first kappa shape index (κ1) is 38.5. The van der Waals surface area contributed by atoms with Crippen molar-refractivity contribution < 1.29 is 66.7 Å². The van der Waals surface area contributed by atoms with E-state index >= 15 is 0 Å². The van der Waals surface area contributed by atoms with Crippen molar-refractivity contribution >= 4 is 88.3 Å². The molecule has 0 radical (unpaired) electrons. The maximum Gasteiger partial charge on any atom is 0.358 e. The van der Waals surface area contributed by atoms with E-state index in [0.29, 0.717) is 0 Å². The molecule has 0 spiro atoms. The molecule has 19 heteroatoms. The van der Waals surface area contributed by atoms with Crippen molar-refractivity contribution in [2.75, 3.05) is 26.1 Å². The third-order valence-corrected chi connectivity index (χ3v) is 7.11. The normalized spacial score (nSPS) is 23.0. The second kappa shape index (κ2) is 17.1. The minimum atomic E-state index is -2.37. The van der Waals surface area contributed by atoms with Crippen molar-refractivity contribution in [3.05, 3.63) is 0 Å². The molecule has 1 amide bonds. The smallest absolute Gasteiger partial charge is 0.358 e. The molecule has 1 heterocycles. The molecule has 0 unspecified atom stereocenters. The minimum absolute atomic E-state index is 0.176. The minimum Gasteiger partial charge on any atom is -0.466 e. The molecule has 1 N–H and O–H groups in total. The quantitative estimate of drug-likeness (QED) is 0.125. The second-order valence-corrected chi connectivity index (χ2v) is 12.5. The van der Waals surface area contributed by atoms with Crippen LogP contribution in [-0.4, -0.2) is 107 Å². The van der Waals surface area contributed by atoms with Crippen LogP contribution in [0.25, 0.3) is 0 Å². The number of methoxy groups -OCH3 is 1. The average molecular weight is 697 g/mol. The fourth-order valence-corrected chi connectivity index (χ4v) is 5.29. The molecule has 43 heavy (non-hydrogen) atoms. The molecule has 1 aliphatic rings. The van der Waals surface area contributed by atoms with E-state index in [1.165, 1.54) is 0 Å². The third kappa shape index (κ3) is 12.5. The van der Waals surface area contributed by atoms with Gasteiger partial charge in [-0.2, -0.15) is 0 Å². The Balaban J connectivity index is 3.72. The van der Waals surface area contributed by atoms with Crippen LogP contribution in [-0.2, 0) is 66.7 Å². The van der Waals surface area contributed by atoms with E-state index in [2.05, 4.69) is 5.32 Å². The number of hydrogen-bond donors (Lipinski definition) is 1. The summed E-state index contributed by atoms with van der Waals surface area (Å²) in [7, 11) is 1.04. The molecule has 0 aliphatic carbocycles. The maximum absolute atomic E-state index is 13.3. The lowest BCUT2D eigenvalue weighted by molar-refractivity contribution is -0.224. The number of esters is 6. The largest absolute Gasteiger partial charge is 0.466 e. The Hall–Kier alpha value is -2.53. The van der Waals surface area contributed by atoms with Crippen LogP contribution in [0.2, 0.25) is 0 Å². The number of nitrogens with one attached hydrogen (secondary N) is 1. The lowest BCUT2D eigenvalue weighted by Crippen LogP contribution is -2.68. The lowest BCUT2D eigenvalue weighted by atomic mass is 9.89. The van der Waals surface area contributed by atoms with Crippen molar-refractivity contribution in [1.29, 1.82) is 0 Å². The first-order valence-corrected chi connectivity index (χ1v) is 14.5. The van der Waals surface area contributed by atoms with Crippen molar-refractivity contribution in [2.45, 2.75) is 80.2 Å². The van der Waals surface area contributed by atoms with Crippen molar-refractivity contribution in [3.8, 4) is 0 Å². The van der Waals surface area contributed by atoms with Gasteiger partial charge in [-0.05, 0) is 0 Å². The zero-order valence-corrected chi connectivity index (χ0v) is 27.1. The van der Waals surface area contributed by atoms with Crippen LogP contribution in [0, 0.1) is 0 Å². The lowest BCUT2D eigenvalue weighted by Gasteiger charge is -2.48. The summed E-state index contributed by atoms with van der Waals surface area (Å²) in [5.74, 6) is -6.41. The molecule has 1 rings (SSSR count). The molecule has 0 aromatic carbocycles. The Labute approximate surface area is 266 Å². The fourth-order valence-electron chi connectivity index (χ4n) is 3.97. The van der Waals surface area contributed by atoms with Crippen LogP contribution >= 0.6 is 46.6 Å². The first-order chi connectivity index (χ1) is 19.8. The molecule has 0 aromatic rings. The third-order valence-electron chi connectivity index (χ3n) is 5.38. The zero-order chi connectivity index (χ0) is 33.1. The number of halogens is 3. The Bertz CT molecular complexity index is 1070. The summed E-state index contributed by atoms with van der Waals surface area (Å²) in [6.07, 6.45) is -6.57. The number of thioether (sulfide) groups is 1. The number of rotatable bonds is 13. The van der Waals surface area contributed by atoms with Gasteiger partial charge >= 0.3 is 35.8 Å². The van der Waals surface area contributed by atoms with Crippen molar-refractivity contribution in [1.82, 2.24) is 5.32 Å². The standard InChI is InChI=1S/C24H32Cl3NO14S/c1-11(29)28-18-16(39-13(3)31)9-23(21(34)36-6,43-8-7-37-22(35)24(25,26)27)42-20(18)19(41-15(5)33)17(40-14(4)32)10-38-12(2)30/h16-20H,7-10H2,1-6H3,(H,28,29)/t16-,17+,18+,19+,20+,23+/m0/s1. The van der Waals surface area contributed by atoms with E-state index in [1.807, 2.05) is 0 Å². The summed E-state index contributed by atoms with van der Waals surface area (Å²) in [6.45, 7) is 4.31. The summed E-state index contributed by atoms with van der Waals surface area (Å²) in [5.41, 5.74) is 0. The van der Waals surface area contributed by atoms with Gasteiger partial charge in [0.2, 0.25) is 10.8 Å². The van der Waals surface area contributed by atoms with E-state index in [-0.39, 0.29) is 5.75 Å². The predicted molar refractivity (Wildman–Crippen MR) is 149 cm³/mol. The van der Waals surface area contributed by atoms with Crippen LogP contribution in [0.15, 0.2) is 0 Å². The average Bonchev–Trinajstić information content (AvgIpc) is 2.86. The Morgan fingerprint density at radius 3 is 2.00 bits per heavy atom. The van der Waals surface area contributed by atoms with Crippen molar-refractivity contribution in [2.24, 2.45) is 0 Å². The number of ether oxygens (including phenoxy) is 7. The Morgan fingerprint density at radius 1 is 0.930 bits per heavy atom. The molecular formula is C24H32Cl3NO14S. The fraction of sp³-hybridized carbons (Fsp3) is 0.708. The topological polar surface area (TPSA) is 196 Å². The van der Waals surface area contributed by atoms with Gasteiger partial charge in [-0.25, -0.2) is 9.59 Å². The maximum atomic E-state index is 13.3. The van der Waals surface area contributed by atoms with E-state index in [1.54, 1.807) is 0 Å². The molecule has 0 saturated carbocycles. The molecule has 1 aliphatic heterocycles. The van der Waals surface area contributed by atoms with Crippen LogP contribution in [0.3, 0.4) is 0 Å². The number of hydrogen-bond acceptors (Lipinski definition) is 15. The highest BCUT2D eigenvalue weighted by Gasteiger charge is 2.58. The SMILES string of the molecule is COC(=O)[C@]1(SCCOC(=O)C(Cl)(Cl)Cl)C[C@H](OC(C)=O)[C@@H](NC(C)=O)[C@H]([C@H](OC(C)=O)[C@@H](COC(C)=O)OC(C)=O)O1. The van der Waals surface area contributed by atoms with Gasteiger partial charge in [0, 0.05) is 46.8 Å². The van der Waals surface area contributed by atoms with E-state index < -0.39 is 101 Å². The van der Waals surface area contributed by atoms with Gasteiger partial charge in [0.25, 0.3) is 3.79 Å². The Morgan fingerprint density at radius 2 is 1.53 bits per heavy atom. The zero-order valence-electron chi connectivity index (χ0n) is 24.0. The van der Waals surface area contributed by atoms with Crippen LogP contribution in [0.5, 0.6) is 0 Å². The summed E-state index contributed by atoms with van der Waals surface area (Å²) >= 11 is 17.2. The highest BCUT2D eigenvalue weighted by atomic mass is 35.6. The highest BCUT2D eigenvalue weighted by Crippen LogP contribution is 2.43. The molecule has 0 bridgehead atoms. The van der Waals surface area contributed by atoms with E-state index in [0.717, 1.165) is 53.5 Å². The Kier molecular flexibility index (Phi) is 15.3. The van der Waals surface area contributed by atoms with Gasteiger partial charge in [-0.1, -0.05) is 34.8 Å². The molecule has 1 fully saturated rings. The van der Waals surface area contributed by atoms with Gasteiger partial charge in [0.1, 0.15) is 25.4 Å². The summed E-state index contributed by atoms with van der Waals surface area (Å²) in [5, 5.41) is 2.55. The molecule has 244 valence electrons. The summed E-state index contributed by atoms with van der Waals surface area (Å²) in [6, 6.07) is -1.32. The van der Waals surface area contributed by atoms with Gasteiger partial charge in [-0.3, -0.25) is 24.0 Å². The first-order valence-electron chi connectivity index (χ1n) is 12.4. The van der Waals surface area contributed by atoms with Gasteiger partial charge in [-0.15, -0.1) is 11.8 Å². The molecule has 6 atom stereocenters. The summed E-state index contributed by atoms with van der Waals surface area (Å²) < 4.78 is 34.9. The number of alkyl halides is 3.